The van der Waals surface area contributed by atoms with Crippen molar-refractivity contribution in [1.82, 2.24) is 9.97 Å². The number of aromatic nitrogens is 2. The highest BCUT2D eigenvalue weighted by atomic mass is 32.2. The van der Waals surface area contributed by atoms with E-state index in [1.807, 2.05) is 17.8 Å². The van der Waals surface area contributed by atoms with Crippen LogP contribution in [0.4, 0.5) is 0 Å². The number of hydrogen-bond acceptors (Lipinski definition) is 4. The van der Waals surface area contributed by atoms with Gasteiger partial charge in [0.1, 0.15) is 5.03 Å². The summed E-state index contributed by atoms with van der Waals surface area (Å²) in [5.41, 5.74) is 0. The molecule has 0 atom stereocenters. The third-order valence-electron chi connectivity index (χ3n) is 1.88. The molecule has 0 aliphatic heterocycles. The van der Waals surface area contributed by atoms with E-state index in [-0.39, 0.29) is 0 Å². The molecule has 1 aromatic heterocycles. The van der Waals surface area contributed by atoms with Gasteiger partial charge in [-0.3, -0.25) is 4.98 Å². The van der Waals surface area contributed by atoms with Gasteiger partial charge in [0.25, 0.3) is 0 Å². The molecule has 0 N–H and O–H groups in total. The van der Waals surface area contributed by atoms with Crippen LogP contribution in [0.15, 0.2) is 58.8 Å². The average Bonchev–Trinajstić information content (AvgIpc) is 2.37. The first-order valence-corrected chi connectivity index (χ1v) is 6.99. The van der Waals surface area contributed by atoms with E-state index in [1.54, 1.807) is 30.4 Å². The summed E-state index contributed by atoms with van der Waals surface area (Å²) in [7, 11) is 0. The fraction of sp³-hybridized carbons (Fsp3) is 0.167. The van der Waals surface area contributed by atoms with Crippen molar-refractivity contribution in [2.24, 2.45) is 0 Å². The van der Waals surface area contributed by atoms with Crippen LogP contribution in [-0.4, -0.2) is 21.5 Å². The van der Waals surface area contributed by atoms with Gasteiger partial charge in [0.15, 0.2) is 0 Å². The average molecular weight is 248 g/mol. The molecular weight excluding hydrogens is 236 g/mol. The number of nitrogens with zero attached hydrogens (tertiary/aromatic N) is 2. The predicted octanol–water partition coefficient (Wildman–Crippen LogP) is 3.36. The van der Waals surface area contributed by atoms with Gasteiger partial charge in [0, 0.05) is 28.8 Å². The van der Waals surface area contributed by atoms with Crippen molar-refractivity contribution in [3.05, 3.63) is 48.9 Å². The van der Waals surface area contributed by atoms with Crippen LogP contribution >= 0.6 is 23.5 Å². The largest absolute Gasteiger partial charge is 0.260 e. The lowest BCUT2D eigenvalue weighted by Gasteiger charge is -2.00. The van der Waals surface area contributed by atoms with Gasteiger partial charge in [-0.25, -0.2) is 4.98 Å². The van der Waals surface area contributed by atoms with Crippen LogP contribution in [0.2, 0.25) is 0 Å². The second kappa shape index (κ2) is 6.55. The standard InChI is InChI=1S/C12H12N2S2/c1-2-4-11(5-3-1)15-8-9-16-12-10-13-6-7-14-12/h1-7,10H,8-9H2. The molecule has 16 heavy (non-hydrogen) atoms. The molecular formula is C12H12N2S2. The highest BCUT2D eigenvalue weighted by Gasteiger charge is 1.96. The van der Waals surface area contributed by atoms with Crippen LogP contribution in [-0.2, 0) is 0 Å². The van der Waals surface area contributed by atoms with Crippen LogP contribution in [0.3, 0.4) is 0 Å². The molecule has 0 fully saturated rings. The van der Waals surface area contributed by atoms with Crippen molar-refractivity contribution in [1.29, 1.82) is 0 Å². The Bertz CT molecular complexity index is 364. The first-order valence-electron chi connectivity index (χ1n) is 5.02. The Kier molecular flexibility index (Phi) is 4.70. The molecule has 0 amide bonds. The fourth-order valence-electron chi connectivity index (χ4n) is 1.18. The molecule has 0 saturated carbocycles. The topological polar surface area (TPSA) is 25.8 Å². The Morgan fingerprint density at radius 2 is 1.75 bits per heavy atom. The Balaban J connectivity index is 1.70. The Morgan fingerprint density at radius 3 is 2.50 bits per heavy atom. The van der Waals surface area contributed by atoms with E-state index in [0.29, 0.717) is 0 Å². The summed E-state index contributed by atoms with van der Waals surface area (Å²) in [4.78, 5) is 9.57. The molecule has 0 saturated heterocycles. The zero-order valence-corrected chi connectivity index (χ0v) is 10.4. The van der Waals surface area contributed by atoms with E-state index in [2.05, 4.69) is 34.2 Å². The summed E-state index contributed by atoms with van der Waals surface area (Å²) in [6.45, 7) is 0. The molecule has 1 heterocycles. The second-order valence-electron chi connectivity index (χ2n) is 3.05. The van der Waals surface area contributed by atoms with E-state index >= 15 is 0 Å². The fourth-order valence-corrected chi connectivity index (χ4v) is 2.91. The lowest BCUT2D eigenvalue weighted by atomic mass is 10.4. The van der Waals surface area contributed by atoms with Crippen LogP contribution in [0.5, 0.6) is 0 Å². The summed E-state index contributed by atoms with van der Waals surface area (Å²) in [6.07, 6.45) is 5.23. The lowest BCUT2D eigenvalue weighted by Crippen LogP contribution is -1.86. The smallest absolute Gasteiger partial charge is 0.114 e. The second-order valence-corrected chi connectivity index (χ2v) is 5.34. The SMILES string of the molecule is c1ccc(SCCSc2cnccn2)cc1. The van der Waals surface area contributed by atoms with Gasteiger partial charge in [-0.05, 0) is 12.1 Å². The Labute approximate surface area is 104 Å². The van der Waals surface area contributed by atoms with Gasteiger partial charge in [-0.15, -0.1) is 23.5 Å². The minimum Gasteiger partial charge on any atom is -0.260 e. The normalized spacial score (nSPS) is 10.2. The van der Waals surface area contributed by atoms with Crippen LogP contribution in [0.25, 0.3) is 0 Å². The van der Waals surface area contributed by atoms with Gasteiger partial charge in [-0.1, -0.05) is 18.2 Å². The molecule has 0 aliphatic rings. The zero-order valence-electron chi connectivity index (χ0n) is 8.74. The minimum atomic E-state index is 0.996. The molecule has 2 nitrogen and oxygen atoms in total. The van der Waals surface area contributed by atoms with Crippen molar-refractivity contribution in [2.75, 3.05) is 11.5 Å². The van der Waals surface area contributed by atoms with E-state index in [4.69, 9.17) is 0 Å². The van der Waals surface area contributed by atoms with Crippen molar-refractivity contribution >= 4 is 23.5 Å². The molecule has 0 unspecified atom stereocenters. The lowest BCUT2D eigenvalue weighted by molar-refractivity contribution is 1.06. The van der Waals surface area contributed by atoms with Crippen molar-refractivity contribution in [3.8, 4) is 0 Å². The molecule has 1 aromatic carbocycles. The van der Waals surface area contributed by atoms with E-state index < -0.39 is 0 Å². The predicted molar refractivity (Wildman–Crippen MR) is 69.9 cm³/mol. The van der Waals surface area contributed by atoms with Crippen molar-refractivity contribution in [2.45, 2.75) is 9.92 Å². The maximum Gasteiger partial charge on any atom is 0.114 e. The third-order valence-corrected chi connectivity index (χ3v) is 4.07. The van der Waals surface area contributed by atoms with Gasteiger partial charge < -0.3 is 0 Å². The summed E-state index contributed by atoms with van der Waals surface area (Å²) in [6, 6.07) is 10.4. The maximum absolute atomic E-state index is 4.21. The third kappa shape index (κ3) is 3.87. The first-order chi connectivity index (χ1) is 7.95. The molecule has 0 aliphatic carbocycles. The van der Waals surface area contributed by atoms with Crippen LogP contribution in [0, 0.1) is 0 Å². The van der Waals surface area contributed by atoms with Gasteiger partial charge in [0.2, 0.25) is 0 Å². The summed E-state index contributed by atoms with van der Waals surface area (Å²) in [5, 5.41) is 0.996. The van der Waals surface area contributed by atoms with Gasteiger partial charge >= 0.3 is 0 Å². The molecule has 0 bridgehead atoms. The highest BCUT2D eigenvalue weighted by Crippen LogP contribution is 2.20. The molecule has 2 aromatic rings. The van der Waals surface area contributed by atoms with E-state index in [1.165, 1.54) is 4.90 Å². The van der Waals surface area contributed by atoms with Crippen molar-refractivity contribution < 1.29 is 0 Å². The van der Waals surface area contributed by atoms with Crippen LogP contribution in [0.1, 0.15) is 0 Å². The minimum absolute atomic E-state index is 0.996. The Morgan fingerprint density at radius 1 is 0.938 bits per heavy atom. The van der Waals surface area contributed by atoms with Crippen LogP contribution < -0.4 is 0 Å². The molecule has 0 radical (unpaired) electrons. The number of benzene rings is 1. The van der Waals surface area contributed by atoms with Gasteiger partial charge in [-0.2, -0.15) is 0 Å². The van der Waals surface area contributed by atoms with E-state index in [0.717, 1.165) is 16.5 Å². The number of hydrogen-bond donors (Lipinski definition) is 0. The monoisotopic (exact) mass is 248 g/mol. The zero-order chi connectivity index (χ0) is 11.1. The molecule has 2 rings (SSSR count). The molecule has 0 spiro atoms. The molecule has 4 heteroatoms. The quantitative estimate of drug-likeness (QED) is 0.598. The number of thioether (sulfide) groups is 2. The maximum atomic E-state index is 4.21. The van der Waals surface area contributed by atoms with Gasteiger partial charge in [0.05, 0.1) is 6.20 Å². The molecule has 82 valence electrons. The number of rotatable bonds is 5. The highest BCUT2D eigenvalue weighted by molar-refractivity contribution is 8.02. The van der Waals surface area contributed by atoms with Crippen molar-refractivity contribution in [3.63, 3.8) is 0 Å². The first kappa shape index (κ1) is 11.5. The summed E-state index contributed by atoms with van der Waals surface area (Å²) < 4.78 is 0. The summed E-state index contributed by atoms with van der Waals surface area (Å²) >= 11 is 3.62. The van der Waals surface area contributed by atoms with E-state index in [9.17, 15) is 0 Å². The Hall–Kier alpha value is -1.00. The summed E-state index contributed by atoms with van der Waals surface area (Å²) in [5.74, 6) is 2.14.